The molecule has 7 heteroatoms. The average Bonchev–Trinajstić information content (AvgIpc) is 2.62. The Morgan fingerprint density at radius 1 is 1.65 bits per heavy atom. The number of rotatable bonds is 6. The van der Waals surface area contributed by atoms with E-state index >= 15 is 0 Å². The van der Waals surface area contributed by atoms with Gasteiger partial charge in [0.05, 0.1) is 3.79 Å². The predicted octanol–water partition coefficient (Wildman–Crippen LogP) is 2.33. The lowest BCUT2D eigenvalue weighted by molar-refractivity contribution is -0.140. The third-order valence-electron chi connectivity index (χ3n) is 1.85. The van der Waals surface area contributed by atoms with Gasteiger partial charge in [-0.2, -0.15) is 11.8 Å². The molecule has 1 aromatic heterocycles. The first-order valence-corrected chi connectivity index (χ1v) is 7.62. The maximum absolute atomic E-state index is 10.8. The van der Waals surface area contributed by atoms with Crippen molar-refractivity contribution < 1.29 is 14.7 Å². The number of amides is 1. The van der Waals surface area contributed by atoms with Crippen LogP contribution >= 0.6 is 39.0 Å². The summed E-state index contributed by atoms with van der Waals surface area (Å²) in [6.45, 7) is 1.32. The summed E-state index contributed by atoms with van der Waals surface area (Å²) in [5.74, 6) is -0.219. The molecule has 0 unspecified atom stereocenters. The van der Waals surface area contributed by atoms with E-state index in [1.807, 2.05) is 11.4 Å². The molecule has 0 aliphatic heterocycles. The first-order chi connectivity index (χ1) is 7.99. The summed E-state index contributed by atoms with van der Waals surface area (Å²) in [5.41, 5.74) is 1.15. The molecule has 0 aromatic carbocycles. The Morgan fingerprint density at radius 3 is 2.82 bits per heavy atom. The van der Waals surface area contributed by atoms with Crippen LogP contribution < -0.4 is 5.32 Å². The molecule has 0 fully saturated rings. The molecule has 0 aliphatic rings. The Hall–Kier alpha value is -0.530. The minimum Gasteiger partial charge on any atom is -0.480 e. The van der Waals surface area contributed by atoms with Crippen LogP contribution in [-0.4, -0.2) is 28.8 Å². The van der Waals surface area contributed by atoms with Gasteiger partial charge in [-0.1, -0.05) is 0 Å². The van der Waals surface area contributed by atoms with Crippen molar-refractivity contribution in [1.29, 1.82) is 0 Å². The monoisotopic (exact) mass is 337 g/mol. The molecule has 2 N–H and O–H groups in total. The molecule has 0 aliphatic carbocycles. The van der Waals surface area contributed by atoms with Crippen LogP contribution in [0.4, 0.5) is 0 Å². The van der Waals surface area contributed by atoms with Crippen molar-refractivity contribution in [2.75, 3.05) is 5.75 Å². The van der Waals surface area contributed by atoms with Crippen molar-refractivity contribution in [2.45, 2.75) is 18.7 Å². The minimum absolute atomic E-state index is 0.323. The van der Waals surface area contributed by atoms with Crippen LogP contribution in [0.15, 0.2) is 15.2 Å². The topological polar surface area (TPSA) is 66.4 Å². The van der Waals surface area contributed by atoms with Crippen molar-refractivity contribution >= 4 is 50.9 Å². The number of carbonyl (C=O) groups is 2. The van der Waals surface area contributed by atoms with E-state index in [1.54, 1.807) is 11.3 Å². The van der Waals surface area contributed by atoms with Crippen molar-refractivity contribution in [2.24, 2.45) is 0 Å². The fraction of sp³-hybridized carbons (Fsp3) is 0.400. The zero-order chi connectivity index (χ0) is 12.8. The molecule has 1 aromatic rings. The lowest BCUT2D eigenvalue weighted by atomic mass is 10.3. The van der Waals surface area contributed by atoms with Crippen LogP contribution in [0.1, 0.15) is 12.5 Å². The van der Waals surface area contributed by atoms with E-state index in [-0.39, 0.29) is 5.91 Å². The summed E-state index contributed by atoms with van der Waals surface area (Å²) in [6, 6.07) is 1.19. The maximum Gasteiger partial charge on any atom is 0.327 e. The van der Waals surface area contributed by atoms with Gasteiger partial charge in [0.15, 0.2) is 0 Å². The molecule has 1 rings (SSSR count). The van der Waals surface area contributed by atoms with Crippen molar-refractivity contribution in [3.05, 3.63) is 20.8 Å². The number of hydrogen-bond donors (Lipinski definition) is 2. The molecular weight excluding hydrogens is 326 g/mol. The molecule has 1 atom stereocenters. The third-order valence-corrected chi connectivity index (χ3v) is 4.51. The molecule has 0 radical (unpaired) electrons. The molecular formula is C10H12BrNO3S2. The van der Waals surface area contributed by atoms with E-state index in [0.717, 1.165) is 15.1 Å². The number of hydrogen-bond acceptors (Lipinski definition) is 4. The van der Waals surface area contributed by atoms with Gasteiger partial charge in [-0.05, 0) is 32.9 Å². The zero-order valence-corrected chi connectivity index (χ0v) is 12.3. The number of halogens is 1. The second kappa shape index (κ2) is 7.03. The van der Waals surface area contributed by atoms with E-state index in [9.17, 15) is 9.59 Å². The third kappa shape index (κ3) is 5.56. The highest BCUT2D eigenvalue weighted by molar-refractivity contribution is 9.11. The predicted molar refractivity (Wildman–Crippen MR) is 73.4 cm³/mol. The minimum atomic E-state index is -1.00. The second-order valence-corrected chi connectivity index (χ2v) is 6.69. The number of thioether (sulfide) groups is 1. The molecule has 0 saturated heterocycles. The Balaban J connectivity index is 2.37. The highest BCUT2D eigenvalue weighted by atomic mass is 79.9. The number of thiophene rings is 1. The van der Waals surface area contributed by atoms with Crippen LogP contribution in [0.3, 0.4) is 0 Å². The van der Waals surface area contributed by atoms with E-state index in [4.69, 9.17) is 5.11 Å². The van der Waals surface area contributed by atoms with Crippen LogP contribution in [0, 0.1) is 0 Å². The Morgan fingerprint density at radius 2 is 2.35 bits per heavy atom. The van der Waals surface area contributed by atoms with E-state index < -0.39 is 12.0 Å². The van der Waals surface area contributed by atoms with Gasteiger partial charge in [0.2, 0.25) is 5.91 Å². The quantitative estimate of drug-likeness (QED) is 0.836. The van der Waals surface area contributed by atoms with Crippen LogP contribution in [-0.2, 0) is 15.3 Å². The number of nitrogens with one attached hydrogen (secondary N) is 1. The largest absolute Gasteiger partial charge is 0.480 e. The highest BCUT2D eigenvalue weighted by Crippen LogP contribution is 2.24. The fourth-order valence-electron chi connectivity index (χ4n) is 1.14. The summed E-state index contributed by atoms with van der Waals surface area (Å²) in [6.07, 6.45) is 0. The number of carboxylic acids is 1. The van der Waals surface area contributed by atoms with Gasteiger partial charge in [0.25, 0.3) is 0 Å². The highest BCUT2D eigenvalue weighted by Gasteiger charge is 2.17. The fourth-order valence-corrected chi connectivity index (χ4v) is 3.43. The van der Waals surface area contributed by atoms with Gasteiger partial charge in [-0.3, -0.25) is 4.79 Å². The molecule has 1 amide bonds. The Labute approximate surface area is 116 Å². The van der Waals surface area contributed by atoms with Crippen molar-refractivity contribution in [3.63, 3.8) is 0 Å². The molecule has 1 heterocycles. The van der Waals surface area contributed by atoms with Gasteiger partial charge in [-0.25, -0.2) is 4.79 Å². The molecule has 0 saturated carbocycles. The molecule has 4 nitrogen and oxygen atoms in total. The summed E-state index contributed by atoms with van der Waals surface area (Å²) in [5, 5.41) is 13.3. The smallest absolute Gasteiger partial charge is 0.327 e. The number of carbonyl (C=O) groups excluding carboxylic acids is 1. The van der Waals surface area contributed by atoms with Crippen molar-refractivity contribution in [3.8, 4) is 0 Å². The SMILES string of the molecule is CC(=O)N[C@@H](CSCc1csc(Br)c1)C(=O)O. The summed E-state index contributed by atoms with van der Waals surface area (Å²) in [7, 11) is 0. The molecule has 94 valence electrons. The van der Waals surface area contributed by atoms with Gasteiger partial charge < -0.3 is 10.4 Å². The summed E-state index contributed by atoms with van der Waals surface area (Å²) in [4.78, 5) is 21.7. The first-order valence-electron chi connectivity index (χ1n) is 4.79. The van der Waals surface area contributed by atoms with Crippen LogP contribution in [0.25, 0.3) is 0 Å². The van der Waals surface area contributed by atoms with Gasteiger partial charge in [-0.15, -0.1) is 11.3 Å². The standard InChI is InChI=1S/C10H12BrNO3S2/c1-6(13)12-8(10(14)15)5-16-3-7-2-9(11)17-4-7/h2,4,8H,3,5H2,1H3,(H,12,13)(H,14,15)/t8-/m0/s1. The summed E-state index contributed by atoms with van der Waals surface area (Å²) < 4.78 is 1.06. The Bertz CT molecular complexity index is 408. The van der Waals surface area contributed by atoms with E-state index in [2.05, 4.69) is 21.2 Å². The summed E-state index contributed by atoms with van der Waals surface area (Å²) >= 11 is 6.45. The van der Waals surface area contributed by atoms with Gasteiger partial charge in [0, 0.05) is 18.4 Å². The lowest BCUT2D eigenvalue weighted by Crippen LogP contribution is -2.41. The average molecular weight is 338 g/mol. The maximum atomic E-state index is 10.8. The number of carboxylic acid groups (broad SMARTS) is 1. The van der Waals surface area contributed by atoms with E-state index in [1.165, 1.54) is 18.7 Å². The van der Waals surface area contributed by atoms with Crippen LogP contribution in [0.5, 0.6) is 0 Å². The molecule has 0 spiro atoms. The number of aliphatic carboxylic acids is 1. The lowest BCUT2D eigenvalue weighted by Gasteiger charge is -2.12. The normalized spacial score (nSPS) is 12.1. The first kappa shape index (κ1) is 14.5. The zero-order valence-electron chi connectivity index (χ0n) is 9.10. The molecule has 0 bridgehead atoms. The van der Waals surface area contributed by atoms with Gasteiger partial charge in [0.1, 0.15) is 6.04 Å². The van der Waals surface area contributed by atoms with Crippen LogP contribution in [0.2, 0.25) is 0 Å². The van der Waals surface area contributed by atoms with Crippen molar-refractivity contribution in [1.82, 2.24) is 5.32 Å². The van der Waals surface area contributed by atoms with E-state index in [0.29, 0.717) is 5.75 Å². The molecule has 17 heavy (non-hydrogen) atoms. The van der Waals surface area contributed by atoms with Gasteiger partial charge >= 0.3 is 5.97 Å². The Kier molecular flexibility index (Phi) is 6.01. The second-order valence-electron chi connectivity index (χ2n) is 3.37.